The molecule has 130 valence electrons. The number of benzene rings is 2. The smallest absolute Gasteiger partial charge is 0.142 e. The second-order valence-corrected chi connectivity index (χ2v) is 8.92. The summed E-state index contributed by atoms with van der Waals surface area (Å²) in [5.74, 6) is 0.342. The second-order valence-electron chi connectivity index (χ2n) is 8.92. The van der Waals surface area contributed by atoms with Gasteiger partial charge in [-0.2, -0.15) is 0 Å². The van der Waals surface area contributed by atoms with Crippen molar-refractivity contribution in [2.24, 2.45) is 0 Å². The van der Waals surface area contributed by atoms with Crippen LogP contribution in [-0.2, 0) is 10.8 Å². The minimum Gasteiger partial charge on any atom is -0.505 e. The van der Waals surface area contributed by atoms with E-state index in [2.05, 4.69) is 91.0 Å². The molecule has 0 saturated carbocycles. The first-order valence-corrected chi connectivity index (χ1v) is 8.61. The highest BCUT2D eigenvalue weighted by molar-refractivity contribution is 5.71. The summed E-state index contributed by atoms with van der Waals surface area (Å²) in [5.41, 5.74) is 6.29. The van der Waals surface area contributed by atoms with Crippen LogP contribution in [0.4, 0.5) is 11.4 Å². The third-order valence-electron chi connectivity index (χ3n) is 4.28. The van der Waals surface area contributed by atoms with Crippen LogP contribution in [0.25, 0.3) is 0 Å². The van der Waals surface area contributed by atoms with Crippen molar-refractivity contribution in [1.29, 1.82) is 0 Å². The first-order valence-electron chi connectivity index (χ1n) is 8.61. The Hall–Kier alpha value is -1.96. The molecular weight excluding hydrogens is 294 g/mol. The van der Waals surface area contributed by atoms with E-state index in [9.17, 15) is 5.11 Å². The monoisotopic (exact) mass is 325 g/mol. The van der Waals surface area contributed by atoms with Crippen LogP contribution in [0.15, 0.2) is 30.3 Å². The van der Waals surface area contributed by atoms with Crippen LogP contribution in [0.5, 0.6) is 5.75 Å². The maximum atomic E-state index is 10.9. The Bertz CT molecular complexity index is 726. The predicted octanol–water partition coefficient (Wildman–Crippen LogP) is 6.35. The Balaban J connectivity index is 2.60. The quantitative estimate of drug-likeness (QED) is 0.631. The van der Waals surface area contributed by atoms with E-state index in [-0.39, 0.29) is 10.8 Å². The molecular formula is C22H31NO. The van der Waals surface area contributed by atoms with Crippen molar-refractivity contribution in [3.63, 3.8) is 0 Å². The normalized spacial score (nSPS) is 12.3. The van der Waals surface area contributed by atoms with Crippen molar-refractivity contribution in [2.75, 3.05) is 5.32 Å². The van der Waals surface area contributed by atoms with Crippen molar-refractivity contribution in [3.05, 3.63) is 52.6 Å². The van der Waals surface area contributed by atoms with Crippen LogP contribution >= 0.6 is 0 Å². The van der Waals surface area contributed by atoms with Crippen molar-refractivity contribution in [3.8, 4) is 5.75 Å². The van der Waals surface area contributed by atoms with Gasteiger partial charge in [0.2, 0.25) is 0 Å². The van der Waals surface area contributed by atoms with E-state index in [1.165, 1.54) is 16.7 Å². The number of hydrogen-bond acceptors (Lipinski definition) is 2. The van der Waals surface area contributed by atoms with E-state index in [1.54, 1.807) is 0 Å². The molecule has 2 heteroatoms. The second kappa shape index (κ2) is 6.16. The van der Waals surface area contributed by atoms with Gasteiger partial charge in [-0.15, -0.1) is 0 Å². The number of hydrogen-bond donors (Lipinski definition) is 2. The van der Waals surface area contributed by atoms with Gasteiger partial charge in [-0.25, -0.2) is 0 Å². The summed E-state index contributed by atoms with van der Waals surface area (Å²) in [7, 11) is 0. The molecule has 24 heavy (non-hydrogen) atoms. The fourth-order valence-corrected chi connectivity index (χ4v) is 2.94. The predicted molar refractivity (Wildman–Crippen MR) is 105 cm³/mol. The van der Waals surface area contributed by atoms with E-state index in [4.69, 9.17) is 0 Å². The van der Waals surface area contributed by atoms with Crippen molar-refractivity contribution in [1.82, 2.24) is 0 Å². The molecule has 0 spiro atoms. The number of nitrogens with one attached hydrogen (secondary N) is 1. The molecule has 0 heterocycles. The van der Waals surface area contributed by atoms with Crippen LogP contribution in [0, 0.1) is 13.8 Å². The molecule has 2 rings (SSSR count). The van der Waals surface area contributed by atoms with Gasteiger partial charge >= 0.3 is 0 Å². The van der Waals surface area contributed by atoms with Crippen LogP contribution in [-0.4, -0.2) is 5.11 Å². The Labute approximate surface area is 146 Å². The summed E-state index contributed by atoms with van der Waals surface area (Å²) >= 11 is 0. The highest BCUT2D eigenvalue weighted by Crippen LogP contribution is 2.41. The average molecular weight is 325 g/mol. The van der Waals surface area contributed by atoms with Crippen LogP contribution in [0.2, 0.25) is 0 Å². The van der Waals surface area contributed by atoms with Crippen LogP contribution in [0.1, 0.15) is 63.8 Å². The topological polar surface area (TPSA) is 32.3 Å². The van der Waals surface area contributed by atoms with Gasteiger partial charge in [0, 0.05) is 11.3 Å². The minimum atomic E-state index is -0.121. The molecule has 0 unspecified atom stereocenters. The number of phenols is 1. The molecule has 0 atom stereocenters. The molecule has 0 fully saturated rings. The molecule has 0 amide bonds. The number of anilines is 2. The van der Waals surface area contributed by atoms with Gasteiger partial charge in [-0.3, -0.25) is 0 Å². The first-order chi connectivity index (χ1) is 10.9. The Kier molecular flexibility index (Phi) is 4.72. The first kappa shape index (κ1) is 18.4. The molecule has 0 bridgehead atoms. The zero-order chi connectivity index (χ0) is 18.3. The summed E-state index contributed by atoms with van der Waals surface area (Å²) in [6, 6.07) is 10.6. The average Bonchev–Trinajstić information content (AvgIpc) is 2.37. The molecule has 0 radical (unpaired) electrons. The van der Waals surface area contributed by atoms with E-state index >= 15 is 0 Å². The maximum absolute atomic E-state index is 10.9. The van der Waals surface area contributed by atoms with Crippen molar-refractivity contribution in [2.45, 2.75) is 66.2 Å². The van der Waals surface area contributed by atoms with E-state index < -0.39 is 0 Å². The summed E-state index contributed by atoms with van der Waals surface area (Å²) in [4.78, 5) is 0. The minimum absolute atomic E-state index is 0.0205. The molecule has 2 aromatic carbocycles. The molecule has 2 N–H and O–H groups in total. The van der Waals surface area contributed by atoms with Gasteiger partial charge in [-0.1, -0.05) is 53.7 Å². The molecule has 0 aromatic heterocycles. The van der Waals surface area contributed by atoms with Crippen molar-refractivity contribution >= 4 is 11.4 Å². The maximum Gasteiger partial charge on any atom is 0.142 e. The summed E-state index contributed by atoms with van der Waals surface area (Å²) in [6.07, 6.45) is 0. The number of phenolic OH excluding ortho intramolecular Hbond substituents is 1. The largest absolute Gasteiger partial charge is 0.505 e. The number of rotatable bonds is 2. The molecule has 0 saturated heterocycles. The molecule has 2 nitrogen and oxygen atoms in total. The van der Waals surface area contributed by atoms with Crippen LogP contribution in [0.3, 0.4) is 0 Å². The SMILES string of the molecule is Cc1cc(C)cc(Nc2cc(C(C)(C)C)cc(C(C)(C)C)c2O)c1. The third-order valence-corrected chi connectivity index (χ3v) is 4.28. The van der Waals surface area contributed by atoms with Gasteiger partial charge in [-0.05, 0) is 59.6 Å². The number of aryl methyl sites for hydroxylation is 2. The molecule has 0 aliphatic heterocycles. The van der Waals surface area contributed by atoms with Crippen LogP contribution < -0.4 is 5.32 Å². The van der Waals surface area contributed by atoms with Crippen molar-refractivity contribution < 1.29 is 5.11 Å². The highest BCUT2D eigenvalue weighted by Gasteiger charge is 2.25. The van der Waals surface area contributed by atoms with Gasteiger partial charge in [0.1, 0.15) is 5.75 Å². The van der Waals surface area contributed by atoms with Gasteiger partial charge in [0.05, 0.1) is 5.69 Å². The fraction of sp³-hybridized carbons (Fsp3) is 0.455. The van der Waals surface area contributed by atoms with E-state index in [0.29, 0.717) is 5.75 Å². The zero-order valence-electron chi connectivity index (χ0n) is 16.3. The number of aromatic hydroxyl groups is 1. The lowest BCUT2D eigenvalue weighted by Gasteiger charge is -2.28. The van der Waals surface area contributed by atoms with Gasteiger partial charge in [0.15, 0.2) is 0 Å². The Morgan fingerprint density at radius 1 is 0.750 bits per heavy atom. The Morgan fingerprint density at radius 2 is 1.29 bits per heavy atom. The lowest BCUT2D eigenvalue weighted by molar-refractivity contribution is 0.447. The summed E-state index contributed by atoms with van der Waals surface area (Å²) < 4.78 is 0. The zero-order valence-corrected chi connectivity index (χ0v) is 16.3. The van der Waals surface area contributed by atoms with E-state index in [0.717, 1.165) is 16.9 Å². The Morgan fingerprint density at radius 3 is 1.75 bits per heavy atom. The third kappa shape index (κ3) is 4.11. The standard InChI is InChI=1S/C22H31NO/c1-14-9-15(2)11-17(10-14)23-19-13-16(21(3,4)5)12-18(20(19)24)22(6,7)8/h9-13,23-24H,1-8H3. The lowest BCUT2D eigenvalue weighted by Crippen LogP contribution is -2.17. The summed E-state index contributed by atoms with van der Waals surface area (Å²) in [5, 5.41) is 14.3. The lowest BCUT2D eigenvalue weighted by atomic mass is 9.79. The molecule has 2 aromatic rings. The molecule has 0 aliphatic carbocycles. The van der Waals surface area contributed by atoms with E-state index in [1.807, 2.05) is 0 Å². The summed E-state index contributed by atoms with van der Waals surface area (Å²) in [6.45, 7) is 17.2. The highest BCUT2D eigenvalue weighted by atomic mass is 16.3. The fourth-order valence-electron chi connectivity index (χ4n) is 2.94. The van der Waals surface area contributed by atoms with Gasteiger partial charge in [0.25, 0.3) is 0 Å². The molecule has 0 aliphatic rings. The van der Waals surface area contributed by atoms with Gasteiger partial charge < -0.3 is 10.4 Å².